The van der Waals surface area contributed by atoms with E-state index in [0.717, 1.165) is 25.3 Å². The van der Waals surface area contributed by atoms with E-state index in [1.807, 2.05) is 0 Å². The third kappa shape index (κ3) is 2.57. The van der Waals surface area contributed by atoms with E-state index in [2.05, 4.69) is 21.2 Å². The van der Waals surface area contributed by atoms with Crippen LogP contribution in [-0.4, -0.2) is 23.0 Å². The zero-order valence-corrected chi connectivity index (χ0v) is 12.8. The lowest BCUT2D eigenvalue weighted by Crippen LogP contribution is -2.46. The summed E-state index contributed by atoms with van der Waals surface area (Å²) in [5.41, 5.74) is 0.196. The number of carboxylic acids is 1. The van der Waals surface area contributed by atoms with Gasteiger partial charge in [-0.25, -0.2) is 4.39 Å². The van der Waals surface area contributed by atoms with Crippen LogP contribution in [0, 0.1) is 23.6 Å². The molecule has 1 amide bonds. The largest absolute Gasteiger partial charge is 0.481 e. The number of nitrogens with one attached hydrogen (secondary N) is 1. The highest BCUT2D eigenvalue weighted by Gasteiger charge is 2.51. The normalized spacial score (nSPS) is 30.4. The van der Waals surface area contributed by atoms with E-state index in [-0.39, 0.29) is 23.4 Å². The van der Waals surface area contributed by atoms with E-state index in [1.54, 1.807) is 0 Å². The number of carboxylic acid groups (broad SMARTS) is 1. The predicted octanol–water partition coefficient (Wildman–Crippen LogP) is 2.82. The molecule has 1 aromatic carbocycles. The van der Waals surface area contributed by atoms with Gasteiger partial charge in [-0.1, -0.05) is 0 Å². The molecule has 0 aliphatic heterocycles. The van der Waals surface area contributed by atoms with Gasteiger partial charge >= 0.3 is 5.97 Å². The van der Waals surface area contributed by atoms with Crippen molar-refractivity contribution in [1.29, 1.82) is 0 Å². The SMILES string of the molecule is O=C(NC1C2CCC(C2)C1C(=O)O)c1cc(F)ccc1Br. The summed E-state index contributed by atoms with van der Waals surface area (Å²) in [5.74, 6) is -1.94. The van der Waals surface area contributed by atoms with Crippen molar-refractivity contribution >= 4 is 27.8 Å². The first-order valence-electron chi connectivity index (χ1n) is 6.96. The summed E-state index contributed by atoms with van der Waals surface area (Å²) in [6, 6.07) is 3.53. The Bertz CT molecular complexity index is 607. The van der Waals surface area contributed by atoms with Crippen LogP contribution in [-0.2, 0) is 4.79 Å². The minimum absolute atomic E-state index is 0.147. The number of carbonyl (C=O) groups is 2. The predicted molar refractivity (Wildman–Crippen MR) is 77.3 cm³/mol. The molecule has 2 bridgehead atoms. The van der Waals surface area contributed by atoms with Crippen molar-refractivity contribution in [2.45, 2.75) is 25.3 Å². The first-order valence-corrected chi connectivity index (χ1v) is 7.75. The maximum Gasteiger partial charge on any atom is 0.308 e. The van der Waals surface area contributed by atoms with Gasteiger partial charge in [0.2, 0.25) is 0 Å². The topological polar surface area (TPSA) is 66.4 Å². The average Bonchev–Trinajstić information content (AvgIpc) is 3.02. The van der Waals surface area contributed by atoms with Gasteiger partial charge in [-0.15, -0.1) is 0 Å². The van der Waals surface area contributed by atoms with Crippen LogP contribution in [0.5, 0.6) is 0 Å². The molecule has 2 aliphatic rings. The first-order chi connectivity index (χ1) is 9.97. The summed E-state index contributed by atoms with van der Waals surface area (Å²) in [4.78, 5) is 23.7. The average molecular weight is 356 g/mol. The van der Waals surface area contributed by atoms with Gasteiger partial charge in [-0.05, 0) is 65.2 Å². The lowest BCUT2D eigenvalue weighted by molar-refractivity contribution is -0.144. The highest BCUT2D eigenvalue weighted by Crippen LogP contribution is 2.48. The van der Waals surface area contributed by atoms with Gasteiger partial charge in [0, 0.05) is 10.5 Å². The maximum atomic E-state index is 13.3. The van der Waals surface area contributed by atoms with Gasteiger partial charge in [0.1, 0.15) is 5.82 Å². The number of fused-ring (bicyclic) bond motifs is 2. The van der Waals surface area contributed by atoms with Gasteiger partial charge in [-0.2, -0.15) is 0 Å². The molecule has 0 aromatic heterocycles. The van der Waals surface area contributed by atoms with Crippen LogP contribution in [0.3, 0.4) is 0 Å². The van der Waals surface area contributed by atoms with Crippen LogP contribution in [0.15, 0.2) is 22.7 Å². The number of benzene rings is 1. The highest BCUT2D eigenvalue weighted by atomic mass is 79.9. The Balaban J connectivity index is 1.81. The minimum atomic E-state index is -0.856. The van der Waals surface area contributed by atoms with Gasteiger partial charge < -0.3 is 10.4 Å². The molecule has 4 atom stereocenters. The van der Waals surface area contributed by atoms with Gasteiger partial charge in [0.25, 0.3) is 5.91 Å². The van der Waals surface area contributed by atoms with Crippen molar-refractivity contribution in [3.05, 3.63) is 34.1 Å². The van der Waals surface area contributed by atoms with Crippen molar-refractivity contribution in [3.8, 4) is 0 Å². The van der Waals surface area contributed by atoms with Crippen LogP contribution in [0.25, 0.3) is 0 Å². The molecule has 2 N–H and O–H groups in total. The van der Waals surface area contributed by atoms with Crippen molar-refractivity contribution in [3.63, 3.8) is 0 Å². The second kappa shape index (κ2) is 5.40. The Morgan fingerprint density at radius 1 is 1.29 bits per heavy atom. The first kappa shape index (κ1) is 14.5. The molecule has 2 saturated carbocycles. The molecule has 0 spiro atoms. The van der Waals surface area contributed by atoms with E-state index in [0.29, 0.717) is 4.47 Å². The summed E-state index contributed by atoms with van der Waals surface area (Å²) >= 11 is 3.22. The Hall–Kier alpha value is -1.43. The molecule has 2 fully saturated rings. The number of rotatable bonds is 3. The molecule has 3 rings (SSSR count). The fourth-order valence-electron chi connectivity index (χ4n) is 3.75. The monoisotopic (exact) mass is 355 g/mol. The minimum Gasteiger partial charge on any atom is -0.481 e. The molecule has 1 aromatic rings. The van der Waals surface area contributed by atoms with Gasteiger partial charge in [-0.3, -0.25) is 9.59 Å². The second-order valence-corrected chi connectivity index (χ2v) is 6.67. The number of hydrogen-bond acceptors (Lipinski definition) is 2. The molecule has 4 nitrogen and oxygen atoms in total. The van der Waals surface area contributed by atoms with E-state index in [9.17, 15) is 19.1 Å². The van der Waals surface area contributed by atoms with Crippen LogP contribution < -0.4 is 5.32 Å². The van der Waals surface area contributed by atoms with Crippen molar-refractivity contribution < 1.29 is 19.1 Å². The lowest BCUT2D eigenvalue weighted by Gasteiger charge is -2.29. The number of carbonyl (C=O) groups excluding carboxylic acids is 1. The summed E-state index contributed by atoms with van der Waals surface area (Å²) < 4.78 is 13.8. The zero-order valence-electron chi connectivity index (χ0n) is 11.2. The maximum absolute atomic E-state index is 13.3. The molecule has 2 aliphatic carbocycles. The van der Waals surface area contributed by atoms with Crippen molar-refractivity contribution in [2.24, 2.45) is 17.8 Å². The summed E-state index contributed by atoms with van der Waals surface area (Å²) in [6.45, 7) is 0. The van der Waals surface area contributed by atoms with Crippen molar-refractivity contribution in [2.75, 3.05) is 0 Å². The summed E-state index contributed by atoms with van der Waals surface area (Å²) in [5, 5.41) is 12.2. The molecule has 0 heterocycles. The van der Waals surface area contributed by atoms with E-state index < -0.39 is 23.6 Å². The molecule has 0 saturated heterocycles. The third-order valence-corrected chi connectivity index (χ3v) is 5.36. The number of amides is 1. The van der Waals surface area contributed by atoms with Gasteiger partial charge in [0.15, 0.2) is 0 Å². The van der Waals surface area contributed by atoms with Gasteiger partial charge in [0.05, 0.1) is 11.5 Å². The molecule has 21 heavy (non-hydrogen) atoms. The fraction of sp³-hybridized carbons (Fsp3) is 0.467. The zero-order chi connectivity index (χ0) is 15.1. The Kier molecular flexibility index (Phi) is 3.73. The van der Waals surface area contributed by atoms with Crippen LogP contribution in [0.1, 0.15) is 29.6 Å². The Morgan fingerprint density at radius 3 is 2.71 bits per heavy atom. The quantitative estimate of drug-likeness (QED) is 0.875. The number of hydrogen-bond donors (Lipinski definition) is 2. The Labute approximate surface area is 129 Å². The van der Waals surface area contributed by atoms with E-state index in [4.69, 9.17) is 0 Å². The fourth-order valence-corrected chi connectivity index (χ4v) is 4.18. The smallest absolute Gasteiger partial charge is 0.308 e. The van der Waals surface area contributed by atoms with Crippen LogP contribution in [0.4, 0.5) is 4.39 Å². The van der Waals surface area contributed by atoms with Crippen LogP contribution in [0.2, 0.25) is 0 Å². The number of aliphatic carboxylic acids is 1. The standard InChI is InChI=1S/C15H15BrFNO3/c16-11-4-3-9(17)6-10(11)14(19)18-13-8-2-1-7(5-8)12(13)15(20)21/h3-4,6-8,12-13H,1-2,5H2,(H,18,19)(H,20,21). The molecule has 112 valence electrons. The number of halogens is 2. The Morgan fingerprint density at radius 2 is 2.00 bits per heavy atom. The molecular weight excluding hydrogens is 341 g/mol. The third-order valence-electron chi connectivity index (χ3n) is 4.67. The molecule has 4 unspecified atom stereocenters. The van der Waals surface area contributed by atoms with Crippen LogP contribution >= 0.6 is 15.9 Å². The van der Waals surface area contributed by atoms with E-state index in [1.165, 1.54) is 12.1 Å². The summed E-state index contributed by atoms with van der Waals surface area (Å²) in [7, 11) is 0. The second-order valence-electron chi connectivity index (χ2n) is 5.82. The van der Waals surface area contributed by atoms with E-state index >= 15 is 0 Å². The lowest BCUT2D eigenvalue weighted by atomic mass is 9.84. The van der Waals surface area contributed by atoms with Crippen molar-refractivity contribution in [1.82, 2.24) is 5.32 Å². The molecule has 0 radical (unpaired) electrons. The molecular formula is C15H15BrFNO3. The summed E-state index contributed by atoms with van der Waals surface area (Å²) in [6.07, 6.45) is 2.72. The molecule has 6 heteroatoms. The highest BCUT2D eigenvalue weighted by molar-refractivity contribution is 9.10.